The van der Waals surface area contributed by atoms with Crippen molar-refractivity contribution in [2.24, 2.45) is 0 Å². The summed E-state index contributed by atoms with van der Waals surface area (Å²) in [6.07, 6.45) is 0.978. The van der Waals surface area contributed by atoms with Gasteiger partial charge in [0, 0.05) is 13.6 Å². The molecule has 2 aromatic carbocycles. The highest BCUT2D eigenvalue weighted by atomic mass is 32.2. The van der Waals surface area contributed by atoms with E-state index in [0.29, 0.717) is 31.3 Å². The Morgan fingerprint density at radius 3 is 2.53 bits per heavy atom. The van der Waals surface area contributed by atoms with Crippen molar-refractivity contribution in [2.75, 3.05) is 37.8 Å². The second-order valence-electron chi connectivity index (χ2n) is 6.72. The lowest BCUT2D eigenvalue weighted by atomic mass is 10.2. The van der Waals surface area contributed by atoms with Crippen LogP contribution >= 0.6 is 0 Å². The van der Waals surface area contributed by atoms with Gasteiger partial charge in [-0.2, -0.15) is 0 Å². The number of fused-ring (bicyclic) bond motifs is 1. The van der Waals surface area contributed by atoms with Gasteiger partial charge in [0.05, 0.1) is 17.5 Å². The number of esters is 1. The Bertz CT molecular complexity index is 1050. The number of carbonyl (C=O) groups excluding carboxylic acids is 2. The number of likely N-dealkylation sites (N-methyl/N-ethyl adjacent to an activating group) is 1. The minimum absolute atomic E-state index is 0.0187. The highest BCUT2D eigenvalue weighted by Crippen LogP contribution is 2.31. The monoisotopic (exact) mass is 434 g/mol. The van der Waals surface area contributed by atoms with Crippen LogP contribution in [0.25, 0.3) is 0 Å². The summed E-state index contributed by atoms with van der Waals surface area (Å²) in [7, 11) is -1.98. The van der Waals surface area contributed by atoms with E-state index in [4.69, 9.17) is 14.2 Å². The van der Waals surface area contributed by atoms with E-state index < -0.39 is 28.5 Å². The van der Waals surface area contributed by atoms with Crippen molar-refractivity contribution < 1.29 is 32.2 Å². The molecule has 160 valence electrons. The van der Waals surface area contributed by atoms with Crippen molar-refractivity contribution >= 4 is 27.6 Å². The van der Waals surface area contributed by atoms with Gasteiger partial charge in [0.2, 0.25) is 10.0 Å². The number of sulfonamides is 1. The zero-order valence-corrected chi connectivity index (χ0v) is 17.4. The molecule has 1 N–H and O–H groups in total. The Morgan fingerprint density at radius 1 is 1.10 bits per heavy atom. The molecule has 0 spiro atoms. The van der Waals surface area contributed by atoms with Gasteiger partial charge in [0.15, 0.2) is 18.1 Å². The van der Waals surface area contributed by atoms with E-state index in [1.54, 1.807) is 31.3 Å². The predicted octanol–water partition coefficient (Wildman–Crippen LogP) is 1.64. The molecule has 0 aliphatic carbocycles. The number of hydrogen-bond acceptors (Lipinski definition) is 7. The van der Waals surface area contributed by atoms with Crippen molar-refractivity contribution in [3.63, 3.8) is 0 Å². The Labute approximate surface area is 174 Å². The molecule has 9 nitrogen and oxygen atoms in total. The van der Waals surface area contributed by atoms with Gasteiger partial charge < -0.3 is 19.1 Å². The van der Waals surface area contributed by atoms with E-state index >= 15 is 0 Å². The van der Waals surface area contributed by atoms with Gasteiger partial charge in [-0.25, -0.2) is 13.2 Å². The van der Waals surface area contributed by atoms with Crippen LogP contribution in [0.2, 0.25) is 0 Å². The molecule has 0 saturated heterocycles. The third-order valence-electron chi connectivity index (χ3n) is 4.22. The summed E-state index contributed by atoms with van der Waals surface area (Å²) in [5.74, 6) is 0.0740. The second-order valence-corrected chi connectivity index (χ2v) is 8.47. The van der Waals surface area contributed by atoms with Crippen LogP contribution in [0.1, 0.15) is 15.9 Å². The zero-order valence-electron chi connectivity index (χ0n) is 16.6. The maximum atomic E-state index is 12.4. The van der Waals surface area contributed by atoms with E-state index in [1.165, 1.54) is 17.0 Å². The van der Waals surface area contributed by atoms with E-state index in [-0.39, 0.29) is 11.3 Å². The number of rotatable bonds is 7. The standard InChI is InChI=1S/C20H22N2O7S/c1-22(12-14-7-8-17-18(11-14)28-10-9-27-17)19(23)13-29-20(24)15-5-3-4-6-16(15)21-30(2,25)26/h3-8,11,21H,9-10,12-13H2,1-2H3. The highest BCUT2D eigenvalue weighted by Gasteiger charge is 2.19. The van der Waals surface area contributed by atoms with Crippen LogP contribution in [0, 0.1) is 0 Å². The lowest BCUT2D eigenvalue weighted by molar-refractivity contribution is -0.133. The number of nitrogens with one attached hydrogen (secondary N) is 1. The molecule has 3 rings (SSSR count). The molecule has 0 aromatic heterocycles. The highest BCUT2D eigenvalue weighted by molar-refractivity contribution is 7.92. The summed E-state index contributed by atoms with van der Waals surface area (Å²) in [6.45, 7) is 0.780. The fraction of sp³-hybridized carbons (Fsp3) is 0.300. The third kappa shape index (κ3) is 5.63. The van der Waals surface area contributed by atoms with Crippen LogP contribution in [0.5, 0.6) is 11.5 Å². The third-order valence-corrected chi connectivity index (χ3v) is 4.81. The Balaban J connectivity index is 1.58. The summed E-state index contributed by atoms with van der Waals surface area (Å²) in [5, 5.41) is 0. The van der Waals surface area contributed by atoms with E-state index in [2.05, 4.69) is 4.72 Å². The van der Waals surface area contributed by atoms with Gasteiger partial charge >= 0.3 is 5.97 Å². The van der Waals surface area contributed by atoms with Crippen LogP contribution in [-0.2, 0) is 26.1 Å². The molecule has 1 aliphatic heterocycles. The molecule has 10 heteroatoms. The maximum absolute atomic E-state index is 12.4. The number of benzene rings is 2. The largest absolute Gasteiger partial charge is 0.486 e. The molecule has 0 fully saturated rings. The van der Waals surface area contributed by atoms with E-state index in [0.717, 1.165) is 11.8 Å². The fourth-order valence-electron chi connectivity index (χ4n) is 2.81. The topological polar surface area (TPSA) is 111 Å². The van der Waals surface area contributed by atoms with E-state index in [1.807, 2.05) is 6.07 Å². The second kappa shape index (κ2) is 9.04. The normalized spacial score (nSPS) is 12.7. The SMILES string of the molecule is CN(Cc1ccc2c(c1)OCCO2)C(=O)COC(=O)c1ccccc1NS(C)(=O)=O. The Kier molecular flexibility index (Phi) is 6.46. The van der Waals surface area contributed by atoms with Crippen LogP contribution in [0.4, 0.5) is 5.69 Å². The molecule has 0 unspecified atom stereocenters. The lowest BCUT2D eigenvalue weighted by Gasteiger charge is -2.21. The smallest absolute Gasteiger partial charge is 0.340 e. The number of para-hydroxylation sites is 1. The first kappa shape index (κ1) is 21.4. The van der Waals surface area contributed by atoms with Gasteiger partial charge in [0.1, 0.15) is 13.2 Å². The molecular formula is C20H22N2O7S. The summed E-state index contributed by atoms with van der Waals surface area (Å²) in [4.78, 5) is 26.1. The molecular weight excluding hydrogens is 412 g/mol. The van der Waals surface area contributed by atoms with Gasteiger partial charge in [-0.1, -0.05) is 18.2 Å². The molecule has 1 aliphatic rings. The quantitative estimate of drug-likeness (QED) is 0.660. The molecule has 0 atom stereocenters. The molecule has 0 bridgehead atoms. The van der Waals surface area contributed by atoms with Gasteiger partial charge in [-0.05, 0) is 29.8 Å². The molecule has 0 radical (unpaired) electrons. The van der Waals surface area contributed by atoms with Crippen molar-refractivity contribution in [3.8, 4) is 11.5 Å². The Hall–Kier alpha value is -3.27. The van der Waals surface area contributed by atoms with Crippen LogP contribution in [0.3, 0.4) is 0 Å². The van der Waals surface area contributed by atoms with Crippen LogP contribution in [0.15, 0.2) is 42.5 Å². The molecule has 1 heterocycles. The summed E-state index contributed by atoms with van der Waals surface area (Å²) >= 11 is 0. The van der Waals surface area contributed by atoms with Crippen molar-refractivity contribution in [2.45, 2.75) is 6.54 Å². The summed E-state index contributed by atoms with van der Waals surface area (Å²) < 4.78 is 41.2. The zero-order chi connectivity index (χ0) is 21.7. The number of amides is 1. The molecule has 2 aromatic rings. The number of nitrogens with zero attached hydrogens (tertiary/aromatic N) is 1. The van der Waals surface area contributed by atoms with Crippen molar-refractivity contribution in [3.05, 3.63) is 53.6 Å². The average molecular weight is 434 g/mol. The van der Waals surface area contributed by atoms with Crippen LogP contribution < -0.4 is 14.2 Å². The summed E-state index contributed by atoms with van der Waals surface area (Å²) in [6, 6.07) is 11.4. The predicted molar refractivity (Wildman–Crippen MR) is 109 cm³/mol. The summed E-state index contributed by atoms with van der Waals surface area (Å²) in [5.41, 5.74) is 0.941. The first-order valence-corrected chi connectivity index (χ1v) is 11.0. The van der Waals surface area contributed by atoms with Crippen molar-refractivity contribution in [1.29, 1.82) is 0 Å². The van der Waals surface area contributed by atoms with Gasteiger partial charge in [-0.15, -0.1) is 0 Å². The first-order chi connectivity index (χ1) is 14.2. The molecule has 0 saturated carbocycles. The Morgan fingerprint density at radius 2 is 1.80 bits per heavy atom. The van der Waals surface area contributed by atoms with Gasteiger partial charge in [0.25, 0.3) is 5.91 Å². The number of anilines is 1. The van der Waals surface area contributed by atoms with Gasteiger partial charge in [-0.3, -0.25) is 9.52 Å². The number of hydrogen-bond donors (Lipinski definition) is 1. The lowest BCUT2D eigenvalue weighted by Crippen LogP contribution is -2.31. The average Bonchev–Trinajstić information content (AvgIpc) is 2.70. The first-order valence-electron chi connectivity index (χ1n) is 9.09. The van der Waals surface area contributed by atoms with Crippen molar-refractivity contribution in [1.82, 2.24) is 4.90 Å². The number of ether oxygens (including phenoxy) is 3. The maximum Gasteiger partial charge on any atom is 0.340 e. The minimum Gasteiger partial charge on any atom is -0.486 e. The fourth-order valence-corrected chi connectivity index (χ4v) is 3.39. The minimum atomic E-state index is -3.57. The number of carbonyl (C=O) groups is 2. The molecule has 30 heavy (non-hydrogen) atoms. The van der Waals surface area contributed by atoms with Crippen LogP contribution in [-0.4, -0.2) is 58.3 Å². The van der Waals surface area contributed by atoms with E-state index in [9.17, 15) is 18.0 Å². The molecule has 1 amide bonds.